The number of aliphatic hydroxyl groups excluding tert-OH is 1. The fourth-order valence-corrected chi connectivity index (χ4v) is 1.57. The first-order valence-corrected chi connectivity index (χ1v) is 5.61. The third-order valence-electron chi connectivity index (χ3n) is 2.55. The van der Waals surface area contributed by atoms with Gasteiger partial charge in [0.05, 0.1) is 0 Å². The summed E-state index contributed by atoms with van der Waals surface area (Å²) in [4.78, 5) is 10.9. The van der Waals surface area contributed by atoms with E-state index in [1.165, 1.54) is 7.05 Å². The maximum Gasteiger partial charge on any atom is 0.406 e. The molecular formula is C12H15NO5. The van der Waals surface area contributed by atoms with E-state index in [1.54, 1.807) is 12.1 Å². The fraction of sp³-hybridized carbons (Fsp3) is 0.417. The van der Waals surface area contributed by atoms with Crippen molar-refractivity contribution in [3.63, 3.8) is 0 Å². The van der Waals surface area contributed by atoms with Gasteiger partial charge >= 0.3 is 6.09 Å². The van der Waals surface area contributed by atoms with Gasteiger partial charge in [-0.05, 0) is 12.1 Å². The Balaban J connectivity index is 1.90. The van der Waals surface area contributed by atoms with E-state index in [1.807, 2.05) is 12.1 Å². The number of amides is 1. The van der Waals surface area contributed by atoms with Crippen molar-refractivity contribution in [1.29, 1.82) is 0 Å². The first-order chi connectivity index (χ1) is 8.70. The number of carbonyl (C=O) groups excluding carboxylic acids is 1. The Kier molecular flexibility index (Phi) is 3.88. The van der Waals surface area contributed by atoms with Crippen molar-refractivity contribution in [2.75, 3.05) is 20.3 Å². The van der Waals surface area contributed by atoms with Crippen LogP contribution in [-0.2, 0) is 4.74 Å². The summed E-state index contributed by atoms with van der Waals surface area (Å²) in [7, 11) is 1.45. The summed E-state index contributed by atoms with van der Waals surface area (Å²) >= 11 is 0. The van der Waals surface area contributed by atoms with Crippen LogP contribution >= 0.6 is 0 Å². The number of hydrogen-bond acceptors (Lipinski definition) is 5. The third kappa shape index (κ3) is 2.84. The second-order valence-electron chi connectivity index (χ2n) is 3.83. The molecule has 1 heterocycles. The summed E-state index contributed by atoms with van der Waals surface area (Å²) < 4.78 is 15.8. The highest BCUT2D eigenvalue weighted by atomic mass is 16.6. The van der Waals surface area contributed by atoms with Crippen LogP contribution in [0.25, 0.3) is 0 Å². The van der Waals surface area contributed by atoms with Gasteiger partial charge in [-0.2, -0.15) is 0 Å². The molecule has 1 aromatic rings. The van der Waals surface area contributed by atoms with Crippen molar-refractivity contribution in [3.8, 4) is 11.5 Å². The molecule has 2 N–H and O–H groups in total. The van der Waals surface area contributed by atoms with E-state index in [0.29, 0.717) is 11.5 Å². The number of carbonyl (C=O) groups is 1. The van der Waals surface area contributed by atoms with E-state index in [0.717, 1.165) is 0 Å². The van der Waals surface area contributed by atoms with E-state index < -0.39 is 18.3 Å². The zero-order chi connectivity index (χ0) is 13.0. The number of para-hydroxylation sites is 2. The maximum absolute atomic E-state index is 10.9. The summed E-state index contributed by atoms with van der Waals surface area (Å²) in [6.45, 7) is 0.0746. The average molecular weight is 253 g/mol. The molecule has 0 saturated carbocycles. The van der Waals surface area contributed by atoms with Gasteiger partial charge in [0.25, 0.3) is 0 Å². The highest BCUT2D eigenvalue weighted by Crippen LogP contribution is 2.31. The van der Waals surface area contributed by atoms with Crippen LogP contribution in [0.5, 0.6) is 11.5 Å². The number of hydrogen-bond donors (Lipinski definition) is 2. The number of ether oxygens (including phenoxy) is 3. The zero-order valence-electron chi connectivity index (χ0n) is 9.96. The first kappa shape index (κ1) is 12.5. The van der Waals surface area contributed by atoms with Crippen LogP contribution in [0.15, 0.2) is 24.3 Å². The number of benzene rings is 1. The minimum Gasteiger partial charge on any atom is -0.486 e. The SMILES string of the molecule is CNC(=O)OCC(O)C1COc2ccccc2O1. The number of rotatable bonds is 3. The van der Waals surface area contributed by atoms with Crippen molar-refractivity contribution in [2.45, 2.75) is 12.2 Å². The van der Waals surface area contributed by atoms with Crippen LogP contribution in [0, 0.1) is 0 Å². The molecule has 0 aromatic heterocycles. The van der Waals surface area contributed by atoms with Crippen LogP contribution in [-0.4, -0.2) is 43.7 Å². The van der Waals surface area contributed by atoms with Crippen LogP contribution < -0.4 is 14.8 Å². The molecule has 18 heavy (non-hydrogen) atoms. The van der Waals surface area contributed by atoms with Gasteiger partial charge in [0, 0.05) is 7.05 Å². The molecule has 98 valence electrons. The van der Waals surface area contributed by atoms with Crippen LogP contribution in [0.4, 0.5) is 4.79 Å². The van der Waals surface area contributed by atoms with Gasteiger partial charge in [0.15, 0.2) is 17.6 Å². The molecule has 6 heteroatoms. The molecule has 1 aromatic carbocycles. The van der Waals surface area contributed by atoms with Crippen molar-refractivity contribution in [3.05, 3.63) is 24.3 Å². The van der Waals surface area contributed by atoms with Crippen molar-refractivity contribution in [2.24, 2.45) is 0 Å². The van der Waals surface area contributed by atoms with E-state index in [-0.39, 0.29) is 13.2 Å². The van der Waals surface area contributed by atoms with Gasteiger partial charge in [-0.3, -0.25) is 0 Å². The lowest BCUT2D eigenvalue weighted by atomic mass is 10.2. The Labute approximate surface area is 104 Å². The Morgan fingerprint density at radius 2 is 2.28 bits per heavy atom. The molecular weight excluding hydrogens is 238 g/mol. The molecule has 0 saturated heterocycles. The Hall–Kier alpha value is -1.95. The molecule has 6 nitrogen and oxygen atoms in total. The molecule has 2 unspecified atom stereocenters. The third-order valence-corrected chi connectivity index (χ3v) is 2.55. The Morgan fingerprint density at radius 1 is 1.56 bits per heavy atom. The number of nitrogens with one attached hydrogen (secondary N) is 1. The van der Waals surface area contributed by atoms with Crippen molar-refractivity contribution < 1.29 is 24.1 Å². The van der Waals surface area contributed by atoms with Crippen LogP contribution in [0.3, 0.4) is 0 Å². The summed E-state index contributed by atoms with van der Waals surface area (Å²) in [6.07, 6.45) is -2.08. The molecule has 0 aliphatic carbocycles. The largest absolute Gasteiger partial charge is 0.486 e. The average Bonchev–Trinajstić information content (AvgIpc) is 2.43. The minimum absolute atomic E-state index is 0.143. The molecule has 0 fully saturated rings. The van der Waals surface area contributed by atoms with Crippen LogP contribution in [0.2, 0.25) is 0 Å². The number of fused-ring (bicyclic) bond motifs is 1. The van der Waals surface area contributed by atoms with Gasteiger partial charge in [-0.15, -0.1) is 0 Å². The van der Waals surface area contributed by atoms with Gasteiger partial charge in [0.2, 0.25) is 0 Å². The van der Waals surface area contributed by atoms with Crippen molar-refractivity contribution >= 4 is 6.09 Å². The van der Waals surface area contributed by atoms with E-state index in [9.17, 15) is 9.90 Å². The number of aliphatic hydroxyl groups is 1. The summed E-state index contributed by atoms with van der Waals surface area (Å²) in [5, 5.41) is 12.1. The van der Waals surface area contributed by atoms with E-state index >= 15 is 0 Å². The Morgan fingerprint density at radius 3 is 3.00 bits per heavy atom. The summed E-state index contributed by atoms with van der Waals surface area (Å²) in [5.41, 5.74) is 0. The lowest BCUT2D eigenvalue weighted by molar-refractivity contribution is -0.0377. The number of alkyl carbamates (subject to hydrolysis) is 1. The monoisotopic (exact) mass is 253 g/mol. The van der Waals surface area contributed by atoms with E-state index in [4.69, 9.17) is 14.2 Å². The Bertz CT molecular complexity index is 423. The van der Waals surface area contributed by atoms with E-state index in [2.05, 4.69) is 5.32 Å². The topological polar surface area (TPSA) is 77.0 Å². The normalized spacial score (nSPS) is 18.9. The smallest absolute Gasteiger partial charge is 0.406 e. The predicted molar refractivity (Wildman–Crippen MR) is 62.8 cm³/mol. The minimum atomic E-state index is -0.935. The molecule has 1 aliphatic rings. The standard InChI is InChI=1S/C12H15NO5/c1-13-12(15)17-6-8(14)11-7-16-9-4-2-3-5-10(9)18-11/h2-5,8,11,14H,6-7H2,1H3,(H,13,15). The maximum atomic E-state index is 10.9. The second kappa shape index (κ2) is 5.59. The predicted octanol–water partition coefficient (Wildman–Crippen LogP) is 0.543. The molecule has 0 spiro atoms. The van der Waals surface area contributed by atoms with Gasteiger partial charge in [-0.25, -0.2) is 4.79 Å². The lowest BCUT2D eigenvalue weighted by Crippen LogP contribution is -2.43. The molecule has 2 rings (SSSR count). The first-order valence-electron chi connectivity index (χ1n) is 5.61. The summed E-state index contributed by atoms with van der Waals surface area (Å²) in [6, 6.07) is 7.21. The molecule has 0 radical (unpaired) electrons. The molecule has 2 atom stereocenters. The molecule has 1 aliphatic heterocycles. The zero-order valence-corrected chi connectivity index (χ0v) is 9.96. The fourth-order valence-electron chi connectivity index (χ4n) is 1.57. The highest BCUT2D eigenvalue weighted by molar-refractivity contribution is 5.66. The van der Waals surface area contributed by atoms with Crippen molar-refractivity contribution in [1.82, 2.24) is 5.32 Å². The second-order valence-corrected chi connectivity index (χ2v) is 3.83. The van der Waals surface area contributed by atoms with Gasteiger partial charge in [0.1, 0.15) is 19.3 Å². The quantitative estimate of drug-likeness (QED) is 0.822. The van der Waals surface area contributed by atoms with Gasteiger partial charge < -0.3 is 24.6 Å². The highest BCUT2D eigenvalue weighted by Gasteiger charge is 2.28. The molecule has 0 bridgehead atoms. The molecule has 1 amide bonds. The lowest BCUT2D eigenvalue weighted by Gasteiger charge is -2.29. The van der Waals surface area contributed by atoms with Crippen LogP contribution in [0.1, 0.15) is 0 Å². The summed E-state index contributed by atoms with van der Waals surface area (Å²) in [5.74, 6) is 1.22. The van der Waals surface area contributed by atoms with Gasteiger partial charge in [-0.1, -0.05) is 12.1 Å².